The first-order valence-corrected chi connectivity index (χ1v) is 11.6. The van der Waals surface area contributed by atoms with Gasteiger partial charge in [-0.2, -0.15) is 5.10 Å². The average Bonchev–Trinajstić information content (AvgIpc) is 2.78. The predicted molar refractivity (Wildman–Crippen MR) is 125 cm³/mol. The highest BCUT2D eigenvalue weighted by molar-refractivity contribution is 7.89. The second-order valence-electron chi connectivity index (χ2n) is 6.52. The molecule has 0 aliphatic rings. The molecule has 0 saturated carbocycles. The lowest BCUT2D eigenvalue weighted by Crippen LogP contribution is -2.34. The number of rotatable bonds is 8. The lowest BCUT2D eigenvalue weighted by Gasteiger charge is -2.07. The molecule has 0 spiro atoms. The van der Waals surface area contributed by atoms with Crippen molar-refractivity contribution in [1.82, 2.24) is 10.1 Å². The van der Waals surface area contributed by atoms with Crippen LogP contribution in [0, 0.1) is 0 Å². The van der Waals surface area contributed by atoms with Gasteiger partial charge in [-0.3, -0.25) is 4.79 Å². The molecule has 0 fully saturated rings. The van der Waals surface area contributed by atoms with E-state index < -0.39 is 28.4 Å². The molecule has 11 heteroatoms. The summed E-state index contributed by atoms with van der Waals surface area (Å²) in [6.07, 6.45) is 1.32. The fourth-order valence-electron chi connectivity index (χ4n) is 2.54. The van der Waals surface area contributed by atoms with Crippen LogP contribution in [0.2, 0.25) is 10.0 Å². The quantitative estimate of drug-likeness (QED) is 0.210. The van der Waals surface area contributed by atoms with Gasteiger partial charge < -0.3 is 4.74 Å². The molecule has 0 radical (unpaired) electrons. The Morgan fingerprint density at radius 2 is 1.73 bits per heavy atom. The Morgan fingerprint density at radius 1 is 0.970 bits per heavy atom. The van der Waals surface area contributed by atoms with Crippen LogP contribution >= 0.6 is 23.2 Å². The number of amides is 1. The van der Waals surface area contributed by atoms with Crippen LogP contribution in [0.15, 0.2) is 82.8 Å². The molecule has 1 amide bonds. The Balaban J connectivity index is 1.55. The first-order chi connectivity index (χ1) is 15.7. The van der Waals surface area contributed by atoms with Crippen LogP contribution < -0.4 is 14.9 Å². The maximum absolute atomic E-state index is 12.3. The number of carbonyl (C=O) groups is 2. The number of sulfonamides is 1. The molecule has 0 aromatic heterocycles. The zero-order chi connectivity index (χ0) is 23.8. The highest BCUT2D eigenvalue weighted by atomic mass is 35.5. The van der Waals surface area contributed by atoms with Crippen LogP contribution in [0.25, 0.3) is 0 Å². The van der Waals surface area contributed by atoms with Gasteiger partial charge in [0.15, 0.2) is 0 Å². The molecule has 0 aliphatic heterocycles. The summed E-state index contributed by atoms with van der Waals surface area (Å²) >= 11 is 11.8. The highest BCUT2D eigenvalue weighted by Gasteiger charge is 2.15. The van der Waals surface area contributed by atoms with Crippen LogP contribution in [0.3, 0.4) is 0 Å². The summed E-state index contributed by atoms with van der Waals surface area (Å²) in [7, 11) is -3.81. The molecule has 2 N–H and O–H groups in total. The van der Waals surface area contributed by atoms with Crippen molar-refractivity contribution in [2.75, 3.05) is 6.54 Å². The fraction of sp³-hybridized carbons (Fsp3) is 0.0455. The Hall–Kier alpha value is -3.24. The Kier molecular flexibility index (Phi) is 8.18. The molecular formula is C22H17Cl2N3O5S. The number of esters is 1. The van der Waals surface area contributed by atoms with Gasteiger partial charge in [-0.15, -0.1) is 0 Å². The molecule has 8 nitrogen and oxygen atoms in total. The van der Waals surface area contributed by atoms with Crippen LogP contribution in [0.1, 0.15) is 15.9 Å². The largest absolute Gasteiger partial charge is 0.423 e. The van der Waals surface area contributed by atoms with Crippen molar-refractivity contribution in [2.45, 2.75) is 4.90 Å². The summed E-state index contributed by atoms with van der Waals surface area (Å²) in [4.78, 5) is 24.3. The van der Waals surface area contributed by atoms with Crippen molar-refractivity contribution in [3.05, 3.63) is 94.0 Å². The minimum absolute atomic E-state index is 0.0487. The smallest absolute Gasteiger partial charge is 0.345 e. The van der Waals surface area contributed by atoms with Gasteiger partial charge in [-0.1, -0.05) is 53.5 Å². The van der Waals surface area contributed by atoms with Crippen molar-refractivity contribution in [3.8, 4) is 5.75 Å². The number of nitrogens with one attached hydrogen (secondary N) is 2. The van der Waals surface area contributed by atoms with Crippen molar-refractivity contribution in [1.29, 1.82) is 0 Å². The third-order valence-electron chi connectivity index (χ3n) is 4.10. The number of hydrogen-bond acceptors (Lipinski definition) is 6. The lowest BCUT2D eigenvalue weighted by atomic mass is 10.2. The standard InChI is InChI=1S/C22H17Cl2N3O5S/c23-16-9-10-19(20(24)12-16)22(29)32-17-6-4-5-15(11-17)13-25-27-21(28)14-26-33(30,31)18-7-2-1-3-8-18/h1-13,26H,14H2,(H,27,28)/b25-13-. The number of hydrogen-bond donors (Lipinski definition) is 2. The molecule has 0 saturated heterocycles. The van der Waals surface area contributed by atoms with Gasteiger partial charge in [0.1, 0.15) is 5.75 Å². The number of benzene rings is 3. The first-order valence-electron chi connectivity index (χ1n) is 9.38. The van der Waals surface area contributed by atoms with Gasteiger partial charge in [0.25, 0.3) is 5.91 Å². The summed E-state index contributed by atoms with van der Waals surface area (Å²) in [5.74, 6) is -1.09. The van der Waals surface area contributed by atoms with E-state index in [4.69, 9.17) is 27.9 Å². The van der Waals surface area contributed by atoms with E-state index in [1.54, 1.807) is 36.4 Å². The van der Waals surface area contributed by atoms with E-state index in [1.165, 1.54) is 42.6 Å². The highest BCUT2D eigenvalue weighted by Crippen LogP contribution is 2.23. The zero-order valence-corrected chi connectivity index (χ0v) is 19.2. The molecule has 0 aliphatic carbocycles. The molecule has 0 bridgehead atoms. The van der Waals surface area contributed by atoms with Crippen LogP contribution in [-0.4, -0.2) is 33.1 Å². The Bertz CT molecular complexity index is 1300. The number of hydrazone groups is 1. The molecule has 0 atom stereocenters. The summed E-state index contributed by atoms with van der Waals surface area (Å²) in [5, 5.41) is 4.34. The summed E-state index contributed by atoms with van der Waals surface area (Å²) in [6.45, 7) is -0.492. The maximum atomic E-state index is 12.3. The van der Waals surface area contributed by atoms with Crippen LogP contribution in [-0.2, 0) is 14.8 Å². The molecule has 3 aromatic carbocycles. The summed E-state index contributed by atoms with van der Waals surface area (Å²) in [5.41, 5.74) is 2.90. The number of halogens is 2. The van der Waals surface area contributed by atoms with E-state index in [1.807, 2.05) is 0 Å². The number of nitrogens with zero attached hydrogens (tertiary/aromatic N) is 1. The van der Waals surface area contributed by atoms with Crippen molar-refractivity contribution in [2.24, 2.45) is 5.10 Å². The van der Waals surface area contributed by atoms with Gasteiger partial charge >= 0.3 is 5.97 Å². The van der Waals surface area contributed by atoms with Crippen LogP contribution in [0.5, 0.6) is 5.75 Å². The molecule has 33 heavy (non-hydrogen) atoms. The van der Waals surface area contributed by atoms with Crippen molar-refractivity contribution < 1.29 is 22.7 Å². The van der Waals surface area contributed by atoms with Gasteiger partial charge in [-0.25, -0.2) is 23.4 Å². The molecular weight excluding hydrogens is 489 g/mol. The fourth-order valence-corrected chi connectivity index (χ4v) is 4.03. The SMILES string of the molecule is O=C(CNS(=O)(=O)c1ccccc1)N/N=C\c1cccc(OC(=O)c2ccc(Cl)cc2Cl)c1. The molecule has 170 valence electrons. The summed E-state index contributed by atoms with van der Waals surface area (Å²) < 4.78 is 31.7. The second-order valence-corrected chi connectivity index (χ2v) is 9.13. The molecule has 3 aromatic rings. The number of carbonyl (C=O) groups excluding carboxylic acids is 2. The maximum Gasteiger partial charge on any atom is 0.345 e. The van der Waals surface area contributed by atoms with Crippen molar-refractivity contribution in [3.63, 3.8) is 0 Å². The topological polar surface area (TPSA) is 114 Å². The Morgan fingerprint density at radius 3 is 2.45 bits per heavy atom. The zero-order valence-electron chi connectivity index (χ0n) is 16.9. The van der Waals surface area contributed by atoms with Crippen molar-refractivity contribution >= 4 is 51.3 Å². The van der Waals surface area contributed by atoms with E-state index in [0.29, 0.717) is 10.6 Å². The third kappa shape index (κ3) is 7.13. The minimum atomic E-state index is -3.81. The number of ether oxygens (including phenoxy) is 1. The van der Waals surface area contributed by atoms with Gasteiger partial charge in [-0.05, 0) is 48.0 Å². The van der Waals surface area contributed by atoms with Gasteiger partial charge in [0, 0.05) is 5.02 Å². The first kappa shape index (κ1) is 24.4. The lowest BCUT2D eigenvalue weighted by molar-refractivity contribution is -0.119. The Labute approximate surface area is 200 Å². The van der Waals surface area contributed by atoms with Crippen LogP contribution in [0.4, 0.5) is 0 Å². The summed E-state index contributed by atoms with van der Waals surface area (Å²) in [6, 6.07) is 18.5. The molecule has 0 heterocycles. The monoisotopic (exact) mass is 505 g/mol. The predicted octanol–water partition coefficient (Wildman–Crippen LogP) is 3.64. The second kappa shape index (κ2) is 11.1. The van der Waals surface area contributed by atoms with E-state index in [2.05, 4.69) is 15.2 Å². The van der Waals surface area contributed by atoms with Gasteiger partial charge in [0.2, 0.25) is 10.0 Å². The van der Waals surface area contributed by atoms with E-state index in [9.17, 15) is 18.0 Å². The minimum Gasteiger partial charge on any atom is -0.423 e. The van der Waals surface area contributed by atoms with E-state index in [-0.39, 0.29) is 21.2 Å². The van der Waals surface area contributed by atoms with E-state index in [0.717, 1.165) is 0 Å². The van der Waals surface area contributed by atoms with Gasteiger partial charge in [0.05, 0.1) is 28.2 Å². The molecule has 0 unspecified atom stereocenters. The van der Waals surface area contributed by atoms with E-state index >= 15 is 0 Å². The normalized spacial score (nSPS) is 11.3. The average molecular weight is 506 g/mol. The molecule has 3 rings (SSSR count). The third-order valence-corrected chi connectivity index (χ3v) is 6.06.